The number of nitro groups is 1. The van der Waals surface area contributed by atoms with E-state index in [4.69, 9.17) is 0 Å². The van der Waals surface area contributed by atoms with Gasteiger partial charge in [-0.15, -0.1) is 0 Å². The summed E-state index contributed by atoms with van der Waals surface area (Å²) >= 11 is 0. The highest BCUT2D eigenvalue weighted by molar-refractivity contribution is 7.90. The first kappa shape index (κ1) is 20.2. The lowest BCUT2D eigenvalue weighted by molar-refractivity contribution is -0.384. The molecule has 3 rings (SSSR count). The monoisotopic (exact) mass is 414 g/mol. The summed E-state index contributed by atoms with van der Waals surface area (Å²) in [6, 6.07) is 9.94. The van der Waals surface area contributed by atoms with Crippen molar-refractivity contribution in [2.75, 3.05) is 6.26 Å². The molecule has 0 saturated heterocycles. The molecule has 3 aromatic rings. The summed E-state index contributed by atoms with van der Waals surface area (Å²) in [6.07, 6.45) is 5.63. The van der Waals surface area contributed by atoms with Crippen LogP contribution in [0.5, 0.6) is 0 Å². The van der Waals surface area contributed by atoms with Gasteiger partial charge in [0.2, 0.25) is 0 Å². The number of imidazole rings is 1. The fourth-order valence-corrected chi connectivity index (χ4v) is 3.43. The first-order valence-corrected chi connectivity index (χ1v) is 10.4. The Balaban J connectivity index is 1.81. The van der Waals surface area contributed by atoms with Crippen LogP contribution in [0.25, 0.3) is 5.69 Å². The average molecular weight is 414 g/mol. The molecule has 150 valence electrons. The van der Waals surface area contributed by atoms with E-state index in [0.717, 1.165) is 6.26 Å². The number of nitrogens with zero attached hydrogens (tertiary/aromatic N) is 3. The van der Waals surface area contributed by atoms with Crippen molar-refractivity contribution in [2.24, 2.45) is 0 Å². The largest absolute Gasteiger partial charge is 0.346 e. The zero-order chi connectivity index (χ0) is 21.2. The van der Waals surface area contributed by atoms with Gasteiger partial charge >= 0.3 is 0 Å². The van der Waals surface area contributed by atoms with Crippen LogP contribution in [0.4, 0.5) is 5.69 Å². The number of rotatable bonds is 6. The van der Waals surface area contributed by atoms with Crippen molar-refractivity contribution in [1.29, 1.82) is 0 Å². The van der Waals surface area contributed by atoms with Crippen LogP contribution in [0, 0.1) is 10.1 Å². The number of amides is 1. The molecule has 1 N–H and O–H groups in total. The van der Waals surface area contributed by atoms with Crippen molar-refractivity contribution in [3.63, 3.8) is 0 Å². The first-order chi connectivity index (χ1) is 13.7. The zero-order valence-corrected chi connectivity index (χ0v) is 16.5. The number of benzene rings is 2. The Labute approximate surface area is 167 Å². The Hall–Kier alpha value is -3.53. The number of hydrogen-bond donors (Lipinski definition) is 1. The number of carbonyl (C=O) groups excluding carboxylic acids is 1. The van der Waals surface area contributed by atoms with Gasteiger partial charge < -0.3 is 9.88 Å². The van der Waals surface area contributed by atoms with E-state index in [2.05, 4.69) is 10.3 Å². The molecule has 0 aliphatic carbocycles. The van der Waals surface area contributed by atoms with Gasteiger partial charge in [0.25, 0.3) is 11.6 Å². The van der Waals surface area contributed by atoms with Crippen LogP contribution in [-0.4, -0.2) is 35.1 Å². The molecule has 0 aliphatic rings. The van der Waals surface area contributed by atoms with Crippen LogP contribution in [0.1, 0.15) is 28.9 Å². The van der Waals surface area contributed by atoms with E-state index in [0.29, 0.717) is 11.3 Å². The van der Waals surface area contributed by atoms with E-state index in [1.54, 1.807) is 25.3 Å². The maximum absolute atomic E-state index is 12.6. The summed E-state index contributed by atoms with van der Waals surface area (Å²) in [5.41, 5.74) is 0.921. The molecule has 0 saturated carbocycles. The molecule has 0 fully saturated rings. The van der Waals surface area contributed by atoms with Gasteiger partial charge in [0, 0.05) is 30.3 Å². The minimum atomic E-state index is -3.30. The normalized spacial score (nSPS) is 12.3. The molecule has 0 radical (unpaired) electrons. The van der Waals surface area contributed by atoms with E-state index in [1.807, 2.05) is 0 Å². The van der Waals surface area contributed by atoms with Crippen LogP contribution in [0.3, 0.4) is 0 Å². The SMILES string of the molecule is CC(NC(=O)c1ccc(-n2ccnc2)c([N+](=O)[O-])c1)c1ccc(S(C)(=O)=O)cc1. The smallest absolute Gasteiger partial charge is 0.294 e. The fourth-order valence-electron chi connectivity index (χ4n) is 2.80. The highest BCUT2D eigenvalue weighted by atomic mass is 32.2. The standard InChI is InChI=1S/C19H18N4O5S/c1-13(14-3-6-16(7-4-14)29(2,27)28)21-19(24)15-5-8-17(18(11-15)23(25)26)22-10-9-20-12-22/h3-13H,1-2H3,(H,21,24). The first-order valence-electron chi connectivity index (χ1n) is 8.54. The molecule has 1 unspecified atom stereocenters. The minimum Gasteiger partial charge on any atom is -0.346 e. The van der Waals surface area contributed by atoms with E-state index in [-0.39, 0.29) is 16.1 Å². The maximum Gasteiger partial charge on any atom is 0.294 e. The summed E-state index contributed by atoms with van der Waals surface area (Å²) in [7, 11) is -3.30. The number of carbonyl (C=O) groups is 1. The molecule has 29 heavy (non-hydrogen) atoms. The van der Waals surface area contributed by atoms with Crippen molar-refractivity contribution in [1.82, 2.24) is 14.9 Å². The van der Waals surface area contributed by atoms with Gasteiger partial charge in [0.15, 0.2) is 9.84 Å². The second-order valence-corrected chi connectivity index (χ2v) is 8.48. The number of aromatic nitrogens is 2. The molecule has 2 aromatic carbocycles. The lowest BCUT2D eigenvalue weighted by Crippen LogP contribution is -2.26. The van der Waals surface area contributed by atoms with Gasteiger partial charge in [-0.2, -0.15) is 0 Å². The van der Waals surface area contributed by atoms with Crippen molar-refractivity contribution < 1.29 is 18.1 Å². The van der Waals surface area contributed by atoms with Gasteiger partial charge in [0.1, 0.15) is 5.69 Å². The van der Waals surface area contributed by atoms with E-state index < -0.39 is 26.7 Å². The van der Waals surface area contributed by atoms with E-state index in [9.17, 15) is 23.3 Å². The average Bonchev–Trinajstić information content (AvgIpc) is 3.21. The zero-order valence-electron chi connectivity index (χ0n) is 15.6. The maximum atomic E-state index is 12.6. The third-order valence-electron chi connectivity index (χ3n) is 4.37. The summed E-state index contributed by atoms with van der Waals surface area (Å²) in [4.78, 5) is 27.5. The summed E-state index contributed by atoms with van der Waals surface area (Å²) in [5.74, 6) is -0.482. The quantitative estimate of drug-likeness (QED) is 0.488. The molecule has 1 amide bonds. The number of nitrogens with one attached hydrogen (secondary N) is 1. The van der Waals surface area contributed by atoms with Crippen LogP contribution in [-0.2, 0) is 9.84 Å². The van der Waals surface area contributed by atoms with Crippen LogP contribution in [0.2, 0.25) is 0 Å². The second-order valence-electron chi connectivity index (χ2n) is 6.47. The highest BCUT2D eigenvalue weighted by Crippen LogP contribution is 2.25. The molecule has 9 nitrogen and oxygen atoms in total. The Bertz CT molecular complexity index is 1160. The molecule has 10 heteroatoms. The Kier molecular flexibility index (Phi) is 5.46. The lowest BCUT2D eigenvalue weighted by atomic mass is 10.1. The molecule has 1 heterocycles. The molecule has 0 aliphatic heterocycles. The third-order valence-corrected chi connectivity index (χ3v) is 5.50. The number of sulfone groups is 1. The van der Waals surface area contributed by atoms with Crippen LogP contribution >= 0.6 is 0 Å². The summed E-state index contributed by atoms with van der Waals surface area (Å²) in [6.45, 7) is 1.74. The van der Waals surface area contributed by atoms with E-state index >= 15 is 0 Å². The third kappa shape index (κ3) is 4.49. The van der Waals surface area contributed by atoms with Crippen LogP contribution in [0.15, 0.2) is 66.1 Å². The molecule has 1 aromatic heterocycles. The van der Waals surface area contributed by atoms with Crippen molar-refractivity contribution in [2.45, 2.75) is 17.9 Å². The van der Waals surface area contributed by atoms with Gasteiger partial charge in [0.05, 0.1) is 22.2 Å². The van der Waals surface area contributed by atoms with Gasteiger partial charge in [-0.3, -0.25) is 14.9 Å². The van der Waals surface area contributed by atoms with Gasteiger partial charge in [-0.1, -0.05) is 12.1 Å². The molecule has 0 spiro atoms. The molecular formula is C19H18N4O5S. The Morgan fingerprint density at radius 1 is 1.21 bits per heavy atom. The minimum absolute atomic E-state index is 0.139. The lowest BCUT2D eigenvalue weighted by Gasteiger charge is -2.15. The van der Waals surface area contributed by atoms with Crippen molar-refractivity contribution in [3.8, 4) is 5.69 Å². The predicted molar refractivity (Wildman–Crippen MR) is 106 cm³/mol. The van der Waals surface area contributed by atoms with Crippen molar-refractivity contribution >= 4 is 21.4 Å². The molecule has 0 bridgehead atoms. The van der Waals surface area contributed by atoms with E-state index in [1.165, 1.54) is 47.4 Å². The van der Waals surface area contributed by atoms with Crippen LogP contribution < -0.4 is 5.32 Å². The number of hydrogen-bond acceptors (Lipinski definition) is 6. The fraction of sp³-hybridized carbons (Fsp3) is 0.158. The summed E-state index contributed by atoms with van der Waals surface area (Å²) in [5, 5.41) is 14.2. The summed E-state index contributed by atoms with van der Waals surface area (Å²) < 4.78 is 24.6. The highest BCUT2D eigenvalue weighted by Gasteiger charge is 2.20. The van der Waals surface area contributed by atoms with Crippen molar-refractivity contribution in [3.05, 3.63) is 82.4 Å². The second kappa shape index (κ2) is 7.84. The topological polar surface area (TPSA) is 124 Å². The Morgan fingerprint density at radius 3 is 2.45 bits per heavy atom. The van der Waals surface area contributed by atoms with Gasteiger partial charge in [-0.05, 0) is 36.8 Å². The number of nitro benzene ring substituents is 1. The predicted octanol–water partition coefficient (Wildman–Crippen LogP) is 2.68. The Morgan fingerprint density at radius 2 is 1.90 bits per heavy atom. The molecular weight excluding hydrogens is 396 g/mol. The van der Waals surface area contributed by atoms with Gasteiger partial charge in [-0.25, -0.2) is 13.4 Å². The molecule has 1 atom stereocenters.